The predicted molar refractivity (Wildman–Crippen MR) is 92.7 cm³/mol. The summed E-state index contributed by atoms with van der Waals surface area (Å²) < 4.78 is 5.18. The van der Waals surface area contributed by atoms with E-state index in [2.05, 4.69) is 10.6 Å². The summed E-state index contributed by atoms with van der Waals surface area (Å²) in [5, 5.41) is 5.86. The van der Waals surface area contributed by atoms with Gasteiger partial charge >= 0.3 is 0 Å². The molecule has 128 valence electrons. The molecule has 0 aliphatic carbocycles. The first kappa shape index (κ1) is 17.6. The molecule has 2 rings (SSSR count). The highest BCUT2D eigenvalue weighted by atomic mass is 16.3. The van der Waals surface area contributed by atoms with Crippen LogP contribution < -0.4 is 10.6 Å². The van der Waals surface area contributed by atoms with Crippen molar-refractivity contribution in [2.45, 2.75) is 20.4 Å². The van der Waals surface area contributed by atoms with Crippen LogP contribution in [0.25, 0.3) is 0 Å². The Morgan fingerprint density at radius 1 is 1.12 bits per heavy atom. The fourth-order valence-corrected chi connectivity index (χ4v) is 2.32. The number of hydrogen-bond acceptors (Lipinski definition) is 4. The van der Waals surface area contributed by atoms with Crippen LogP contribution in [0.2, 0.25) is 0 Å². The SMILES string of the molecule is CCN(CC)C(=O)CNc1cccc(C(=O)NCc2ccco2)c1. The van der Waals surface area contributed by atoms with Crippen LogP contribution in [0.5, 0.6) is 0 Å². The van der Waals surface area contributed by atoms with E-state index in [4.69, 9.17) is 4.42 Å². The number of nitrogens with zero attached hydrogens (tertiary/aromatic N) is 1. The van der Waals surface area contributed by atoms with Gasteiger partial charge in [0, 0.05) is 24.3 Å². The van der Waals surface area contributed by atoms with Crippen molar-refractivity contribution in [3.63, 3.8) is 0 Å². The number of hydrogen-bond donors (Lipinski definition) is 2. The van der Waals surface area contributed by atoms with Gasteiger partial charge in [-0.15, -0.1) is 0 Å². The summed E-state index contributed by atoms with van der Waals surface area (Å²) in [6.07, 6.45) is 1.57. The van der Waals surface area contributed by atoms with E-state index in [0.29, 0.717) is 31.0 Å². The average Bonchev–Trinajstić information content (AvgIpc) is 3.12. The van der Waals surface area contributed by atoms with Crippen molar-refractivity contribution in [2.75, 3.05) is 25.0 Å². The maximum atomic E-state index is 12.2. The van der Waals surface area contributed by atoms with Crippen LogP contribution in [0.4, 0.5) is 5.69 Å². The van der Waals surface area contributed by atoms with E-state index >= 15 is 0 Å². The van der Waals surface area contributed by atoms with Crippen LogP contribution in [-0.4, -0.2) is 36.3 Å². The summed E-state index contributed by atoms with van der Waals surface area (Å²) in [7, 11) is 0. The molecule has 1 aromatic carbocycles. The first-order valence-corrected chi connectivity index (χ1v) is 8.06. The third-order valence-electron chi connectivity index (χ3n) is 3.69. The molecule has 0 atom stereocenters. The molecule has 0 saturated heterocycles. The average molecular weight is 329 g/mol. The van der Waals surface area contributed by atoms with Crippen molar-refractivity contribution >= 4 is 17.5 Å². The Hall–Kier alpha value is -2.76. The molecule has 0 bridgehead atoms. The highest BCUT2D eigenvalue weighted by Crippen LogP contribution is 2.11. The fourth-order valence-electron chi connectivity index (χ4n) is 2.32. The summed E-state index contributed by atoms with van der Waals surface area (Å²) in [6, 6.07) is 10.7. The zero-order chi connectivity index (χ0) is 17.4. The van der Waals surface area contributed by atoms with Gasteiger partial charge in [0.1, 0.15) is 5.76 Å². The van der Waals surface area contributed by atoms with Crippen molar-refractivity contribution in [3.05, 3.63) is 54.0 Å². The van der Waals surface area contributed by atoms with Gasteiger partial charge in [-0.3, -0.25) is 9.59 Å². The molecule has 0 fully saturated rings. The summed E-state index contributed by atoms with van der Waals surface area (Å²) in [6.45, 7) is 5.82. The highest BCUT2D eigenvalue weighted by Gasteiger charge is 2.10. The minimum atomic E-state index is -0.190. The summed E-state index contributed by atoms with van der Waals surface area (Å²) in [5.74, 6) is 0.542. The second-order valence-electron chi connectivity index (χ2n) is 5.26. The van der Waals surface area contributed by atoms with Gasteiger partial charge in [0.05, 0.1) is 19.4 Å². The van der Waals surface area contributed by atoms with Gasteiger partial charge in [-0.1, -0.05) is 6.07 Å². The molecule has 0 aliphatic rings. The van der Waals surface area contributed by atoms with Crippen LogP contribution in [0.3, 0.4) is 0 Å². The lowest BCUT2D eigenvalue weighted by Crippen LogP contribution is -2.35. The molecule has 2 aromatic rings. The van der Waals surface area contributed by atoms with Crippen LogP contribution in [0.15, 0.2) is 47.1 Å². The van der Waals surface area contributed by atoms with Crippen LogP contribution in [0.1, 0.15) is 30.0 Å². The highest BCUT2D eigenvalue weighted by molar-refractivity contribution is 5.95. The smallest absolute Gasteiger partial charge is 0.251 e. The first-order valence-electron chi connectivity index (χ1n) is 8.06. The van der Waals surface area contributed by atoms with Gasteiger partial charge < -0.3 is 20.0 Å². The number of likely N-dealkylation sites (N-methyl/N-ethyl adjacent to an activating group) is 1. The maximum Gasteiger partial charge on any atom is 0.251 e. The summed E-state index contributed by atoms with van der Waals surface area (Å²) in [4.78, 5) is 25.9. The van der Waals surface area contributed by atoms with Gasteiger partial charge in [0.2, 0.25) is 5.91 Å². The molecule has 24 heavy (non-hydrogen) atoms. The normalized spacial score (nSPS) is 10.2. The largest absolute Gasteiger partial charge is 0.467 e. The quantitative estimate of drug-likeness (QED) is 0.780. The number of rotatable bonds is 8. The first-order chi connectivity index (χ1) is 11.6. The molecule has 2 amide bonds. The van der Waals surface area contributed by atoms with Crippen LogP contribution in [-0.2, 0) is 11.3 Å². The minimum absolute atomic E-state index is 0.0349. The molecular weight excluding hydrogens is 306 g/mol. The second-order valence-corrected chi connectivity index (χ2v) is 5.26. The Balaban J connectivity index is 1.90. The lowest BCUT2D eigenvalue weighted by molar-refractivity contribution is -0.128. The van der Waals surface area contributed by atoms with Crippen LogP contribution in [0, 0.1) is 0 Å². The van der Waals surface area contributed by atoms with Gasteiger partial charge in [-0.05, 0) is 44.2 Å². The molecule has 1 aromatic heterocycles. The Morgan fingerprint density at radius 3 is 2.58 bits per heavy atom. The number of furan rings is 1. The van der Waals surface area contributed by atoms with Gasteiger partial charge in [-0.2, -0.15) is 0 Å². The third kappa shape index (κ3) is 4.87. The molecular formula is C18H23N3O3. The molecule has 0 radical (unpaired) electrons. The zero-order valence-corrected chi connectivity index (χ0v) is 14.0. The molecule has 0 saturated carbocycles. The fraction of sp³-hybridized carbons (Fsp3) is 0.333. The Bertz CT molecular complexity index is 664. The Morgan fingerprint density at radius 2 is 1.92 bits per heavy atom. The Kier molecular flexibility index (Phi) is 6.42. The lowest BCUT2D eigenvalue weighted by Gasteiger charge is -2.19. The van der Waals surface area contributed by atoms with E-state index in [9.17, 15) is 9.59 Å². The second kappa shape index (κ2) is 8.76. The van der Waals surface area contributed by atoms with Crippen molar-refractivity contribution < 1.29 is 14.0 Å². The van der Waals surface area contributed by atoms with Gasteiger partial charge in [0.25, 0.3) is 5.91 Å². The van der Waals surface area contributed by atoms with Crippen molar-refractivity contribution in [1.29, 1.82) is 0 Å². The van der Waals surface area contributed by atoms with Gasteiger partial charge in [-0.25, -0.2) is 0 Å². The number of nitrogens with one attached hydrogen (secondary N) is 2. The maximum absolute atomic E-state index is 12.2. The van der Waals surface area contributed by atoms with E-state index in [0.717, 1.165) is 5.69 Å². The van der Waals surface area contributed by atoms with Crippen molar-refractivity contribution in [2.24, 2.45) is 0 Å². The monoisotopic (exact) mass is 329 g/mol. The minimum Gasteiger partial charge on any atom is -0.467 e. The van der Waals surface area contributed by atoms with E-state index in [1.54, 1.807) is 41.5 Å². The van der Waals surface area contributed by atoms with E-state index in [1.807, 2.05) is 19.9 Å². The number of amides is 2. The number of carbonyl (C=O) groups is 2. The molecule has 0 aliphatic heterocycles. The standard InChI is InChI=1S/C18H23N3O3/c1-3-21(4-2)17(22)13-19-15-8-5-7-14(11-15)18(23)20-12-16-9-6-10-24-16/h5-11,19H,3-4,12-13H2,1-2H3,(H,20,23). The molecule has 1 heterocycles. The number of anilines is 1. The Labute approximate surface area is 141 Å². The van der Waals surface area contributed by atoms with E-state index < -0.39 is 0 Å². The van der Waals surface area contributed by atoms with E-state index in [-0.39, 0.29) is 18.4 Å². The van der Waals surface area contributed by atoms with Crippen molar-refractivity contribution in [1.82, 2.24) is 10.2 Å². The summed E-state index contributed by atoms with van der Waals surface area (Å²) >= 11 is 0. The third-order valence-corrected chi connectivity index (χ3v) is 3.69. The number of carbonyl (C=O) groups excluding carboxylic acids is 2. The molecule has 2 N–H and O–H groups in total. The van der Waals surface area contributed by atoms with Crippen molar-refractivity contribution in [3.8, 4) is 0 Å². The predicted octanol–water partition coefficient (Wildman–Crippen LogP) is 2.49. The zero-order valence-electron chi connectivity index (χ0n) is 14.0. The molecule has 6 heteroatoms. The molecule has 0 spiro atoms. The summed E-state index contributed by atoms with van der Waals surface area (Å²) in [5.41, 5.74) is 1.27. The molecule has 6 nitrogen and oxygen atoms in total. The van der Waals surface area contributed by atoms with Gasteiger partial charge in [0.15, 0.2) is 0 Å². The molecule has 0 unspecified atom stereocenters. The van der Waals surface area contributed by atoms with Crippen LogP contribution >= 0.6 is 0 Å². The number of benzene rings is 1. The van der Waals surface area contributed by atoms with E-state index in [1.165, 1.54) is 0 Å². The topological polar surface area (TPSA) is 74.6 Å². The lowest BCUT2D eigenvalue weighted by atomic mass is 10.2.